The van der Waals surface area contributed by atoms with Crippen LogP contribution >= 0.6 is 0 Å². The third-order valence-corrected chi connectivity index (χ3v) is 2.44. The van der Waals surface area contributed by atoms with Crippen LogP contribution in [0.3, 0.4) is 0 Å². The summed E-state index contributed by atoms with van der Waals surface area (Å²) >= 11 is 0. The van der Waals surface area contributed by atoms with E-state index in [0.717, 1.165) is 11.1 Å². The maximum Gasteiger partial charge on any atom is 0.288 e. The van der Waals surface area contributed by atoms with Crippen LogP contribution in [0.4, 0.5) is 5.95 Å². The Morgan fingerprint density at radius 3 is 2.94 bits per heavy atom. The van der Waals surface area contributed by atoms with Gasteiger partial charge >= 0.3 is 0 Å². The van der Waals surface area contributed by atoms with Gasteiger partial charge < -0.3 is 10.9 Å². The molecule has 17 heavy (non-hydrogen) atoms. The number of nitrogens with one attached hydrogen (secondary N) is 1. The van der Waals surface area contributed by atoms with Crippen LogP contribution in [-0.2, 0) is 0 Å². The molecule has 2 aromatic heterocycles. The third kappa shape index (κ3) is 1.53. The Morgan fingerprint density at radius 2 is 2.18 bits per heavy atom. The smallest absolute Gasteiger partial charge is 0.288 e. The molecule has 0 aliphatic heterocycles. The Morgan fingerprint density at radius 1 is 1.29 bits per heavy atom. The van der Waals surface area contributed by atoms with Gasteiger partial charge in [0, 0.05) is 17.8 Å². The van der Waals surface area contributed by atoms with Gasteiger partial charge in [-0.25, -0.2) is 4.98 Å². The summed E-state index contributed by atoms with van der Waals surface area (Å²) in [6, 6.07) is 5.23. The lowest BCUT2D eigenvalue weighted by molar-refractivity contribution is -0.641. The minimum Gasteiger partial charge on any atom is -0.594 e. The maximum atomic E-state index is 11.5. The Kier molecular flexibility index (Phi) is 1.91. The molecule has 3 aromatic rings. The van der Waals surface area contributed by atoms with Gasteiger partial charge in [-0.2, -0.15) is 5.10 Å². The van der Waals surface area contributed by atoms with Crippen molar-refractivity contribution in [3.63, 3.8) is 0 Å². The highest BCUT2D eigenvalue weighted by Crippen LogP contribution is 2.20. The molecule has 0 saturated carbocycles. The van der Waals surface area contributed by atoms with Crippen molar-refractivity contribution >= 4 is 17.0 Å². The second-order valence-electron chi connectivity index (χ2n) is 3.53. The average Bonchev–Trinajstić information content (AvgIpc) is 2.81. The lowest BCUT2D eigenvalue weighted by atomic mass is 10.1. The number of aromatic nitrogens is 5. The number of hydrogen-bond donors (Lipinski definition) is 2. The first-order valence-electron chi connectivity index (χ1n) is 4.90. The zero-order valence-corrected chi connectivity index (χ0v) is 8.66. The number of benzene rings is 1. The van der Waals surface area contributed by atoms with E-state index in [2.05, 4.69) is 20.3 Å². The Bertz CT molecular complexity index is 679. The molecule has 0 amide bonds. The van der Waals surface area contributed by atoms with Crippen LogP contribution < -0.4 is 10.6 Å². The highest BCUT2D eigenvalue weighted by atomic mass is 16.5. The van der Waals surface area contributed by atoms with Crippen molar-refractivity contribution in [2.45, 2.75) is 0 Å². The summed E-state index contributed by atoms with van der Waals surface area (Å²) in [5, 5.41) is 21.6. The van der Waals surface area contributed by atoms with E-state index in [1.807, 2.05) is 0 Å². The van der Waals surface area contributed by atoms with Gasteiger partial charge in [0.05, 0.1) is 11.3 Å². The summed E-state index contributed by atoms with van der Waals surface area (Å²) in [5.41, 5.74) is 8.14. The van der Waals surface area contributed by atoms with E-state index in [1.165, 1.54) is 0 Å². The van der Waals surface area contributed by atoms with E-state index in [9.17, 15) is 5.21 Å². The molecule has 0 radical (unpaired) electrons. The van der Waals surface area contributed by atoms with Crippen LogP contribution in [-0.4, -0.2) is 20.3 Å². The van der Waals surface area contributed by atoms with Crippen molar-refractivity contribution in [1.82, 2.24) is 20.3 Å². The average molecular weight is 228 g/mol. The maximum absolute atomic E-state index is 11.5. The molecule has 0 aliphatic rings. The predicted octanol–water partition coefficient (Wildman–Crippen LogP) is 0.235. The van der Waals surface area contributed by atoms with Crippen LogP contribution in [0.1, 0.15) is 0 Å². The Labute approximate surface area is 95.5 Å². The van der Waals surface area contributed by atoms with Crippen LogP contribution in [0.2, 0.25) is 0 Å². The van der Waals surface area contributed by atoms with Gasteiger partial charge in [-0.15, -0.1) is 0 Å². The lowest BCUT2D eigenvalue weighted by Gasteiger charge is -2.01. The topological polar surface area (TPSA) is 107 Å². The number of nitrogens with two attached hydrogens (primary N) is 1. The number of H-pyrrole nitrogens is 1. The Hall–Kier alpha value is -2.70. The minimum absolute atomic E-state index is 0.0446. The molecule has 0 fully saturated rings. The van der Waals surface area contributed by atoms with Gasteiger partial charge in [0.25, 0.3) is 11.5 Å². The van der Waals surface area contributed by atoms with E-state index in [-0.39, 0.29) is 5.95 Å². The molecule has 0 unspecified atom stereocenters. The molecule has 0 atom stereocenters. The molecular weight excluding hydrogens is 220 g/mol. The third-order valence-electron chi connectivity index (χ3n) is 2.44. The van der Waals surface area contributed by atoms with Crippen molar-refractivity contribution in [3.05, 3.63) is 35.8 Å². The Balaban J connectivity index is 2.26. The molecule has 0 bridgehead atoms. The summed E-state index contributed by atoms with van der Waals surface area (Å²) in [7, 11) is 0. The van der Waals surface area contributed by atoms with Gasteiger partial charge in [-0.3, -0.25) is 5.10 Å². The summed E-state index contributed by atoms with van der Waals surface area (Å²) in [6.07, 6.45) is 3.45. The molecule has 7 heteroatoms. The minimum atomic E-state index is -0.0446. The van der Waals surface area contributed by atoms with Crippen molar-refractivity contribution < 1.29 is 4.85 Å². The van der Waals surface area contributed by atoms with Crippen molar-refractivity contribution in [3.8, 4) is 11.1 Å². The molecule has 0 saturated heterocycles. The van der Waals surface area contributed by atoms with Crippen molar-refractivity contribution in [2.75, 3.05) is 5.73 Å². The van der Waals surface area contributed by atoms with Crippen LogP contribution in [0.5, 0.6) is 0 Å². The van der Waals surface area contributed by atoms with Crippen LogP contribution in [0.15, 0.2) is 30.6 Å². The summed E-state index contributed by atoms with van der Waals surface area (Å²) < 4.78 is 0. The molecule has 0 aliphatic carbocycles. The number of hydrogen-bond acceptors (Lipinski definition) is 5. The fourth-order valence-corrected chi connectivity index (χ4v) is 1.66. The zero-order chi connectivity index (χ0) is 11.8. The number of nitrogen functional groups attached to an aromatic ring is 1. The molecule has 84 valence electrons. The van der Waals surface area contributed by atoms with Crippen molar-refractivity contribution in [1.29, 1.82) is 0 Å². The lowest BCUT2D eigenvalue weighted by Crippen LogP contribution is -2.33. The second kappa shape index (κ2) is 3.41. The highest BCUT2D eigenvalue weighted by molar-refractivity contribution is 5.79. The zero-order valence-electron chi connectivity index (χ0n) is 8.66. The summed E-state index contributed by atoms with van der Waals surface area (Å²) in [4.78, 5) is 4.49. The van der Waals surface area contributed by atoms with Crippen molar-refractivity contribution in [2.24, 2.45) is 0 Å². The molecule has 7 nitrogen and oxygen atoms in total. The fraction of sp³-hybridized carbons (Fsp3) is 0. The number of rotatable bonds is 1. The fourth-order valence-electron chi connectivity index (χ4n) is 1.66. The standard InChI is InChI=1S/C10H8N6O/c11-10-14-8-3-6(7-4-12-13-5-7)1-2-9(8)16(17)15-10/h1-5H,(H,12,13)(H2,11,14,15). The van der Waals surface area contributed by atoms with E-state index in [0.29, 0.717) is 15.9 Å². The first kappa shape index (κ1) is 9.52. The second-order valence-corrected chi connectivity index (χ2v) is 3.53. The molecule has 1 aromatic carbocycles. The number of aromatic amines is 1. The number of nitrogens with zero attached hydrogens (tertiary/aromatic N) is 4. The molecular formula is C10H8N6O. The highest BCUT2D eigenvalue weighted by Gasteiger charge is 2.10. The molecule has 3 rings (SSSR count). The normalized spacial score (nSPS) is 10.8. The number of anilines is 1. The van der Waals surface area contributed by atoms with Crippen LogP contribution in [0, 0.1) is 5.21 Å². The van der Waals surface area contributed by atoms with E-state index in [1.54, 1.807) is 30.6 Å². The quantitative estimate of drug-likeness (QED) is 0.458. The first-order valence-corrected chi connectivity index (χ1v) is 4.90. The van der Waals surface area contributed by atoms with E-state index < -0.39 is 0 Å². The van der Waals surface area contributed by atoms with Gasteiger partial charge in [-0.05, 0) is 22.5 Å². The SMILES string of the molecule is Nc1nc2cc(-c3cn[nH]c3)ccc2[n+]([O-])n1. The van der Waals surface area contributed by atoms with E-state index >= 15 is 0 Å². The summed E-state index contributed by atoms with van der Waals surface area (Å²) in [5.74, 6) is -0.0446. The summed E-state index contributed by atoms with van der Waals surface area (Å²) in [6.45, 7) is 0. The number of fused-ring (bicyclic) bond motifs is 1. The predicted molar refractivity (Wildman–Crippen MR) is 60.5 cm³/mol. The molecule has 0 spiro atoms. The van der Waals surface area contributed by atoms with Gasteiger partial charge in [0.15, 0.2) is 0 Å². The first-order chi connectivity index (χ1) is 8.24. The molecule has 2 heterocycles. The molecule has 3 N–H and O–H groups in total. The van der Waals surface area contributed by atoms with Crippen LogP contribution in [0.25, 0.3) is 22.2 Å². The van der Waals surface area contributed by atoms with E-state index in [4.69, 9.17) is 5.73 Å². The largest absolute Gasteiger partial charge is 0.594 e. The van der Waals surface area contributed by atoms with Gasteiger partial charge in [0.2, 0.25) is 0 Å². The van der Waals surface area contributed by atoms with Gasteiger partial charge in [-0.1, -0.05) is 0 Å². The monoisotopic (exact) mass is 228 g/mol. The van der Waals surface area contributed by atoms with Gasteiger partial charge in [0.1, 0.15) is 5.52 Å².